The summed E-state index contributed by atoms with van der Waals surface area (Å²) in [6, 6.07) is 6.50. The van der Waals surface area contributed by atoms with E-state index in [1.165, 1.54) is 12.1 Å². The number of aliphatic imine (C=N–C) groups is 1. The summed E-state index contributed by atoms with van der Waals surface area (Å²) in [6.45, 7) is 21.2. The van der Waals surface area contributed by atoms with Gasteiger partial charge in [0, 0.05) is 92.1 Å². The fourth-order valence-corrected chi connectivity index (χ4v) is 6.19. The van der Waals surface area contributed by atoms with Crippen molar-refractivity contribution in [2.45, 2.75) is 78.5 Å². The summed E-state index contributed by atoms with van der Waals surface area (Å²) in [5, 5.41) is 37.1. The summed E-state index contributed by atoms with van der Waals surface area (Å²) in [5.74, 6) is 2.29. The minimum Gasteiger partial charge on any atom is -0.479 e. The Labute approximate surface area is 377 Å². The van der Waals surface area contributed by atoms with Crippen molar-refractivity contribution in [1.29, 1.82) is 0 Å². The van der Waals surface area contributed by atoms with Gasteiger partial charge in [0.25, 0.3) is 10.1 Å². The molecule has 0 aromatic heterocycles. The Hall–Kier alpha value is -3.76. The number of hydrogen-bond acceptors (Lipinski definition) is 15. The van der Waals surface area contributed by atoms with Crippen molar-refractivity contribution in [2.75, 3.05) is 139 Å². The number of aliphatic hydroxyl groups is 4. The van der Waals surface area contributed by atoms with Crippen molar-refractivity contribution in [2.24, 2.45) is 4.99 Å². The summed E-state index contributed by atoms with van der Waals surface area (Å²) in [4.78, 5) is 46.2. The summed E-state index contributed by atoms with van der Waals surface area (Å²) in [7, 11) is 1.23. The molecule has 5 N–H and O–H groups in total. The number of likely N-dealkylation sites (N-methyl/N-ethyl adjacent to an activating group) is 2. The van der Waals surface area contributed by atoms with Gasteiger partial charge in [0.05, 0.1) is 57.9 Å². The second-order valence-electron chi connectivity index (χ2n) is 14.1. The van der Waals surface area contributed by atoms with E-state index in [4.69, 9.17) is 29.9 Å². The third-order valence-electron chi connectivity index (χ3n) is 9.38. The van der Waals surface area contributed by atoms with E-state index in [0.29, 0.717) is 71.6 Å². The average molecular weight is 921 g/mol. The fourth-order valence-electron chi connectivity index (χ4n) is 5.53. The highest BCUT2D eigenvalue weighted by Gasteiger charge is 2.22. The lowest BCUT2D eigenvalue weighted by atomic mass is 10.2. The highest BCUT2D eigenvalue weighted by Crippen LogP contribution is 2.11. The Bertz CT molecular complexity index is 1520. The summed E-state index contributed by atoms with van der Waals surface area (Å²) in [6.07, 6.45) is 3.34. The van der Waals surface area contributed by atoms with Crippen LogP contribution in [0.5, 0.6) is 0 Å². The van der Waals surface area contributed by atoms with E-state index >= 15 is 0 Å². The van der Waals surface area contributed by atoms with Gasteiger partial charge in [-0.3, -0.25) is 28.5 Å². The Morgan fingerprint density at radius 2 is 1.27 bits per heavy atom. The van der Waals surface area contributed by atoms with Crippen LogP contribution in [-0.2, 0) is 38.2 Å². The first-order chi connectivity index (χ1) is 30.1. The maximum absolute atomic E-state index is 12.0. The minimum absolute atomic E-state index is 0.0233. The Balaban J connectivity index is 0. The van der Waals surface area contributed by atoms with Crippen molar-refractivity contribution >= 4 is 39.6 Å². The lowest BCUT2D eigenvalue weighted by Gasteiger charge is -2.28. The smallest absolute Gasteiger partial charge is 0.336 e. The van der Waals surface area contributed by atoms with Crippen LogP contribution in [0.2, 0.25) is 0 Å². The first kappa shape index (κ1) is 61.3. The average Bonchev–Trinajstić information content (AvgIpc) is 4.01. The first-order valence-corrected chi connectivity index (χ1v) is 23.4. The van der Waals surface area contributed by atoms with Gasteiger partial charge in [0.2, 0.25) is 17.7 Å². The number of amides is 3. The van der Waals surface area contributed by atoms with Crippen LogP contribution in [0.3, 0.4) is 0 Å². The van der Waals surface area contributed by atoms with Gasteiger partial charge in [0.15, 0.2) is 25.6 Å². The Kier molecular flexibility index (Phi) is 37.7. The number of nitrogens with zero attached hydrogens (tertiary/aromatic N) is 6. The van der Waals surface area contributed by atoms with Crippen LogP contribution in [0, 0.1) is 6.92 Å². The molecule has 0 saturated heterocycles. The van der Waals surface area contributed by atoms with Gasteiger partial charge in [-0.25, -0.2) is 0 Å². The number of ether oxygens (including phenoxy) is 2. The number of aryl methyl sites for hydroxylation is 1. The minimum atomic E-state index is -3.51. The second kappa shape index (κ2) is 38.7. The summed E-state index contributed by atoms with van der Waals surface area (Å²) < 4.78 is 39.3. The molecule has 0 fully saturated rings. The second-order valence-corrected chi connectivity index (χ2v) is 15.8. The molecule has 1 aromatic carbocycles. The highest BCUT2D eigenvalue weighted by molar-refractivity contribution is 7.86. The molecule has 2 heterocycles. The standard InChI is InChI=1S/C15H31N3O4.C11H21N2O2.C8H10O3S.C5H9NO.C4H11NO2/c1-4-14(21)16(3)6-8-18(15(22)5-2)9-7-17(10-12-19)11-13-20;1-4-10(14)12(3)6-7-13-8-9-15-11(13)5-2;1-7-3-5-8(6-4-7)12(9,10)11-2;1-2-5-6-3-4-7-5;6-3-1-5-2-4-7/h19-20H,4-13H2,1-3H3;4-9H2,1-3H3;3-6H,1-2H3;2-4H2,1H3;5-7H,1-4H2/q;+1;;;. The van der Waals surface area contributed by atoms with Gasteiger partial charge in [-0.05, 0) is 19.1 Å². The van der Waals surface area contributed by atoms with Crippen LogP contribution < -0.4 is 5.32 Å². The van der Waals surface area contributed by atoms with Crippen molar-refractivity contribution in [1.82, 2.24) is 24.9 Å². The molecule has 19 nitrogen and oxygen atoms in total. The highest BCUT2D eigenvalue weighted by atomic mass is 32.2. The van der Waals surface area contributed by atoms with Gasteiger partial charge < -0.3 is 49.9 Å². The Morgan fingerprint density at radius 1 is 0.730 bits per heavy atom. The molecule has 3 amide bonds. The number of nitrogens with one attached hydrogen (secondary N) is 1. The first-order valence-electron chi connectivity index (χ1n) is 22.0. The van der Waals surface area contributed by atoms with E-state index in [-0.39, 0.29) is 49.0 Å². The normalized spacial score (nSPS) is 12.8. The van der Waals surface area contributed by atoms with Gasteiger partial charge in [-0.2, -0.15) is 13.0 Å². The van der Waals surface area contributed by atoms with E-state index in [9.17, 15) is 22.8 Å². The maximum Gasteiger partial charge on any atom is 0.336 e. The molecule has 0 unspecified atom stereocenters. The molecule has 1 aromatic rings. The molecule has 0 aliphatic carbocycles. The Morgan fingerprint density at radius 3 is 1.70 bits per heavy atom. The van der Waals surface area contributed by atoms with Crippen molar-refractivity contribution < 1.29 is 61.5 Å². The van der Waals surface area contributed by atoms with Crippen LogP contribution in [0.15, 0.2) is 34.2 Å². The van der Waals surface area contributed by atoms with Crippen molar-refractivity contribution in [3.63, 3.8) is 0 Å². The van der Waals surface area contributed by atoms with E-state index in [0.717, 1.165) is 76.7 Å². The molecule has 0 atom stereocenters. The quantitative estimate of drug-likeness (QED) is 0.0549. The molecule has 0 spiro atoms. The van der Waals surface area contributed by atoms with Gasteiger partial charge in [-0.1, -0.05) is 52.3 Å². The number of carbonyl (C=O) groups excluding carboxylic acids is 3. The van der Waals surface area contributed by atoms with Crippen LogP contribution >= 0.6 is 0 Å². The third kappa shape index (κ3) is 29.3. The SMILES string of the molecule is CCC(=O)N(C)CCN(CCN(CCO)CCO)C(=O)CC.CCC(=O)N(C)CC[N+]1=C(CC)OCC1.CCC1=NCCO1.COS(=O)(=O)c1ccc(C)cc1.OCCNCCO. The van der Waals surface area contributed by atoms with E-state index in [1.807, 2.05) is 46.6 Å². The zero-order valence-electron chi connectivity index (χ0n) is 39.7. The number of benzene rings is 1. The number of aliphatic hydroxyl groups excluding tert-OH is 4. The van der Waals surface area contributed by atoms with Crippen LogP contribution in [0.1, 0.15) is 72.3 Å². The molecule has 2 aliphatic heterocycles. The molecular formula is C43H82N7O12S+. The molecule has 2 aliphatic rings. The van der Waals surface area contributed by atoms with E-state index in [1.54, 1.807) is 33.9 Å². The lowest BCUT2D eigenvalue weighted by molar-refractivity contribution is -0.519. The molecule has 3 rings (SSSR count). The van der Waals surface area contributed by atoms with Crippen LogP contribution in [0.25, 0.3) is 0 Å². The van der Waals surface area contributed by atoms with Crippen molar-refractivity contribution in [3.8, 4) is 0 Å². The summed E-state index contributed by atoms with van der Waals surface area (Å²) >= 11 is 0. The zero-order valence-corrected chi connectivity index (χ0v) is 40.5. The fraction of sp³-hybridized carbons (Fsp3) is 0.744. The molecule has 63 heavy (non-hydrogen) atoms. The van der Waals surface area contributed by atoms with Crippen molar-refractivity contribution in [3.05, 3.63) is 29.8 Å². The van der Waals surface area contributed by atoms with Crippen LogP contribution in [-0.4, -0.2) is 222 Å². The number of carbonyl (C=O) groups is 3. The maximum atomic E-state index is 12.0. The monoisotopic (exact) mass is 921 g/mol. The lowest BCUT2D eigenvalue weighted by Crippen LogP contribution is -2.43. The number of rotatable bonds is 24. The topological polar surface area (TPSA) is 234 Å². The molecular weight excluding hydrogens is 839 g/mol. The third-order valence-corrected chi connectivity index (χ3v) is 10.7. The molecule has 0 bridgehead atoms. The van der Waals surface area contributed by atoms with Gasteiger partial charge >= 0.3 is 5.90 Å². The predicted molar refractivity (Wildman–Crippen MR) is 246 cm³/mol. The van der Waals surface area contributed by atoms with Gasteiger partial charge in [-0.15, -0.1) is 0 Å². The predicted octanol–water partition coefficient (Wildman–Crippen LogP) is 0.802. The molecule has 20 heteroatoms. The number of hydrogen-bond donors (Lipinski definition) is 5. The molecule has 0 radical (unpaired) electrons. The van der Waals surface area contributed by atoms with Crippen LogP contribution in [0.4, 0.5) is 0 Å². The zero-order chi connectivity index (χ0) is 48.1. The van der Waals surface area contributed by atoms with E-state index in [2.05, 4.69) is 26.0 Å². The largest absolute Gasteiger partial charge is 0.479 e. The van der Waals surface area contributed by atoms with E-state index < -0.39 is 10.1 Å². The molecule has 0 saturated carbocycles. The summed E-state index contributed by atoms with van der Waals surface area (Å²) in [5.41, 5.74) is 1.02. The van der Waals surface area contributed by atoms with Gasteiger partial charge in [0.1, 0.15) is 6.61 Å². The molecule has 366 valence electrons.